The SMILES string of the molecule is O=C(Cn1c(=O)oc2ccccc21)Oc1cccc(Cl)c1Cl. The van der Waals surface area contributed by atoms with Crippen LogP contribution in [0.25, 0.3) is 11.1 Å². The number of rotatable bonds is 3. The van der Waals surface area contributed by atoms with E-state index in [0.29, 0.717) is 11.1 Å². The summed E-state index contributed by atoms with van der Waals surface area (Å²) in [5.41, 5.74) is 0.919. The maximum atomic E-state index is 12.0. The van der Waals surface area contributed by atoms with Crippen LogP contribution in [-0.4, -0.2) is 10.5 Å². The van der Waals surface area contributed by atoms with Crippen LogP contribution in [0.2, 0.25) is 10.0 Å². The Morgan fingerprint density at radius 1 is 1.14 bits per heavy atom. The molecule has 0 spiro atoms. The number of oxazole rings is 1. The fourth-order valence-electron chi connectivity index (χ4n) is 2.01. The fourth-order valence-corrected chi connectivity index (χ4v) is 2.34. The number of carbonyl (C=O) groups is 1. The molecule has 1 aromatic heterocycles. The number of esters is 1. The monoisotopic (exact) mass is 337 g/mol. The van der Waals surface area contributed by atoms with E-state index >= 15 is 0 Å². The summed E-state index contributed by atoms with van der Waals surface area (Å²) < 4.78 is 11.4. The van der Waals surface area contributed by atoms with Gasteiger partial charge in [0.15, 0.2) is 11.3 Å². The second kappa shape index (κ2) is 5.87. The molecule has 0 radical (unpaired) electrons. The molecule has 0 unspecified atom stereocenters. The van der Waals surface area contributed by atoms with Crippen molar-refractivity contribution in [1.82, 2.24) is 4.57 Å². The Bertz CT molecular complexity index is 913. The lowest BCUT2D eigenvalue weighted by Gasteiger charge is -2.07. The Balaban J connectivity index is 1.86. The van der Waals surface area contributed by atoms with Gasteiger partial charge in [0.1, 0.15) is 11.6 Å². The molecular weight excluding hydrogens is 329 g/mol. The van der Waals surface area contributed by atoms with Gasteiger partial charge in [-0.05, 0) is 24.3 Å². The minimum atomic E-state index is -0.655. The minimum absolute atomic E-state index is 0.139. The van der Waals surface area contributed by atoms with E-state index in [4.69, 9.17) is 32.4 Å². The van der Waals surface area contributed by atoms with E-state index in [2.05, 4.69) is 0 Å². The number of ether oxygens (including phenoxy) is 1. The van der Waals surface area contributed by atoms with Gasteiger partial charge in [-0.2, -0.15) is 0 Å². The third kappa shape index (κ3) is 2.73. The first-order chi connectivity index (χ1) is 10.6. The summed E-state index contributed by atoms with van der Waals surface area (Å²) in [5.74, 6) is -1.15. The zero-order valence-corrected chi connectivity index (χ0v) is 12.6. The quantitative estimate of drug-likeness (QED) is 0.542. The molecule has 0 saturated carbocycles. The lowest BCUT2D eigenvalue weighted by atomic mass is 10.3. The van der Waals surface area contributed by atoms with E-state index in [1.165, 1.54) is 10.6 Å². The Kier molecular flexibility index (Phi) is 3.92. The van der Waals surface area contributed by atoms with E-state index in [1.807, 2.05) is 0 Å². The smallest absolute Gasteiger partial charge is 0.420 e. The topological polar surface area (TPSA) is 61.4 Å². The molecule has 0 bridgehead atoms. The maximum absolute atomic E-state index is 12.0. The summed E-state index contributed by atoms with van der Waals surface area (Å²) >= 11 is 11.8. The normalized spacial score (nSPS) is 10.8. The van der Waals surface area contributed by atoms with Crippen LogP contribution in [0.1, 0.15) is 0 Å². The Morgan fingerprint density at radius 2 is 1.91 bits per heavy atom. The van der Waals surface area contributed by atoms with E-state index in [-0.39, 0.29) is 22.3 Å². The highest BCUT2D eigenvalue weighted by atomic mass is 35.5. The molecule has 0 aliphatic carbocycles. The summed E-state index contributed by atoms with van der Waals surface area (Å²) in [5, 5.41) is 0.416. The molecule has 5 nitrogen and oxygen atoms in total. The first-order valence-electron chi connectivity index (χ1n) is 6.29. The molecule has 22 heavy (non-hydrogen) atoms. The molecule has 0 fully saturated rings. The van der Waals surface area contributed by atoms with Crippen molar-refractivity contribution in [3.8, 4) is 5.75 Å². The molecule has 0 saturated heterocycles. The van der Waals surface area contributed by atoms with E-state index in [0.717, 1.165) is 0 Å². The highest BCUT2D eigenvalue weighted by Crippen LogP contribution is 2.31. The van der Waals surface area contributed by atoms with Crippen LogP contribution < -0.4 is 10.5 Å². The number of benzene rings is 2. The number of hydrogen-bond acceptors (Lipinski definition) is 4. The molecule has 0 aliphatic heterocycles. The average molecular weight is 338 g/mol. The third-order valence-electron chi connectivity index (χ3n) is 3.00. The second-order valence-electron chi connectivity index (χ2n) is 4.45. The first-order valence-corrected chi connectivity index (χ1v) is 7.05. The molecule has 0 amide bonds. The van der Waals surface area contributed by atoms with Crippen molar-refractivity contribution in [2.75, 3.05) is 0 Å². The van der Waals surface area contributed by atoms with E-state index < -0.39 is 11.7 Å². The summed E-state index contributed by atoms with van der Waals surface area (Å²) in [7, 11) is 0. The van der Waals surface area contributed by atoms with Crippen molar-refractivity contribution in [2.45, 2.75) is 6.54 Å². The Labute approximate surface area is 134 Å². The molecule has 3 aromatic rings. The lowest BCUT2D eigenvalue weighted by molar-refractivity contribution is -0.135. The number of para-hydroxylation sites is 2. The van der Waals surface area contributed by atoms with Crippen molar-refractivity contribution >= 4 is 40.3 Å². The van der Waals surface area contributed by atoms with Crippen LogP contribution in [0.5, 0.6) is 5.75 Å². The zero-order valence-electron chi connectivity index (χ0n) is 11.1. The predicted octanol–water partition coefficient (Wildman–Crippen LogP) is 3.51. The van der Waals surface area contributed by atoms with E-state index in [1.54, 1.807) is 36.4 Å². The minimum Gasteiger partial charge on any atom is -0.424 e. The third-order valence-corrected chi connectivity index (χ3v) is 3.80. The molecule has 0 N–H and O–H groups in total. The molecule has 3 rings (SSSR count). The maximum Gasteiger partial charge on any atom is 0.420 e. The van der Waals surface area contributed by atoms with Crippen LogP contribution in [0, 0.1) is 0 Å². The molecule has 0 aliphatic rings. The summed E-state index contributed by atoms with van der Waals surface area (Å²) in [6, 6.07) is 11.5. The average Bonchev–Trinajstić information content (AvgIpc) is 2.80. The van der Waals surface area contributed by atoms with Crippen molar-refractivity contribution in [2.24, 2.45) is 0 Å². The number of nitrogens with zero attached hydrogens (tertiary/aromatic N) is 1. The van der Waals surface area contributed by atoms with Gasteiger partial charge in [-0.25, -0.2) is 9.59 Å². The van der Waals surface area contributed by atoms with Gasteiger partial charge in [-0.15, -0.1) is 0 Å². The summed E-state index contributed by atoms with van der Waals surface area (Å²) in [6.45, 7) is -0.293. The molecule has 0 atom stereocenters. The van der Waals surface area contributed by atoms with Gasteiger partial charge in [-0.1, -0.05) is 41.4 Å². The number of aromatic nitrogens is 1. The van der Waals surface area contributed by atoms with Crippen molar-refractivity contribution in [1.29, 1.82) is 0 Å². The number of fused-ring (bicyclic) bond motifs is 1. The van der Waals surface area contributed by atoms with Crippen LogP contribution in [-0.2, 0) is 11.3 Å². The lowest BCUT2D eigenvalue weighted by Crippen LogP contribution is -2.23. The van der Waals surface area contributed by atoms with Crippen molar-refractivity contribution in [3.63, 3.8) is 0 Å². The van der Waals surface area contributed by atoms with Crippen molar-refractivity contribution < 1.29 is 13.9 Å². The van der Waals surface area contributed by atoms with E-state index in [9.17, 15) is 9.59 Å². The highest BCUT2D eigenvalue weighted by Gasteiger charge is 2.15. The molecular formula is C15H9Cl2NO4. The number of halogens is 2. The summed E-state index contributed by atoms with van der Waals surface area (Å²) in [4.78, 5) is 23.8. The van der Waals surface area contributed by atoms with Gasteiger partial charge in [0.25, 0.3) is 0 Å². The standard InChI is InChI=1S/C15H9Cl2NO4/c16-9-4-3-7-12(14(9)17)21-13(19)8-18-10-5-1-2-6-11(10)22-15(18)20/h1-7H,8H2. The van der Waals surface area contributed by atoms with Crippen LogP contribution in [0.3, 0.4) is 0 Å². The zero-order chi connectivity index (χ0) is 15.7. The van der Waals surface area contributed by atoms with Gasteiger partial charge in [0.2, 0.25) is 0 Å². The largest absolute Gasteiger partial charge is 0.424 e. The Hall–Kier alpha value is -2.24. The van der Waals surface area contributed by atoms with Crippen LogP contribution in [0.15, 0.2) is 51.7 Å². The second-order valence-corrected chi connectivity index (χ2v) is 5.23. The molecule has 112 valence electrons. The first kappa shape index (κ1) is 14.7. The number of carbonyl (C=O) groups excluding carboxylic acids is 1. The molecule has 1 heterocycles. The van der Waals surface area contributed by atoms with Gasteiger partial charge in [0.05, 0.1) is 10.5 Å². The predicted molar refractivity (Wildman–Crippen MR) is 82.6 cm³/mol. The highest BCUT2D eigenvalue weighted by molar-refractivity contribution is 6.43. The Morgan fingerprint density at radius 3 is 2.73 bits per heavy atom. The summed E-state index contributed by atoms with van der Waals surface area (Å²) in [6.07, 6.45) is 0. The van der Waals surface area contributed by atoms with Crippen LogP contribution in [0.4, 0.5) is 0 Å². The van der Waals surface area contributed by atoms with Gasteiger partial charge in [0, 0.05) is 0 Å². The van der Waals surface area contributed by atoms with Gasteiger partial charge >= 0.3 is 11.7 Å². The van der Waals surface area contributed by atoms with Gasteiger partial charge in [-0.3, -0.25) is 4.57 Å². The number of hydrogen-bond donors (Lipinski definition) is 0. The molecule has 2 aromatic carbocycles. The van der Waals surface area contributed by atoms with Crippen molar-refractivity contribution in [3.05, 3.63) is 63.1 Å². The van der Waals surface area contributed by atoms with Gasteiger partial charge < -0.3 is 9.15 Å². The molecule has 7 heteroatoms. The van der Waals surface area contributed by atoms with Crippen LogP contribution >= 0.6 is 23.2 Å². The fraction of sp³-hybridized carbons (Fsp3) is 0.0667.